The second-order valence-corrected chi connectivity index (χ2v) is 5.34. The predicted octanol–water partition coefficient (Wildman–Crippen LogP) is 3.76. The van der Waals surface area contributed by atoms with E-state index in [4.69, 9.17) is 23.2 Å². The molecule has 2 rings (SSSR count). The highest BCUT2D eigenvalue weighted by Gasteiger charge is 2.34. The number of hydrogen-bond donors (Lipinski definition) is 1. The Bertz CT molecular complexity index is 860. The van der Waals surface area contributed by atoms with Crippen molar-refractivity contribution in [2.75, 3.05) is 5.32 Å². The van der Waals surface area contributed by atoms with E-state index in [2.05, 4.69) is 10.3 Å². The van der Waals surface area contributed by atoms with Gasteiger partial charge in [0.05, 0.1) is 20.7 Å². The third-order valence-corrected chi connectivity index (χ3v) is 3.50. The molecule has 0 saturated carbocycles. The Kier molecular flexibility index (Phi) is 4.72. The van der Waals surface area contributed by atoms with Crippen molar-refractivity contribution in [2.45, 2.75) is 6.18 Å². The van der Waals surface area contributed by atoms with Gasteiger partial charge in [0.15, 0.2) is 5.69 Å². The molecule has 0 spiro atoms. The quantitative estimate of drug-likeness (QED) is 0.644. The molecule has 0 unspecified atom stereocenters. The normalized spacial score (nSPS) is 11.4. The molecule has 0 atom stereocenters. The molecule has 0 aliphatic rings. The summed E-state index contributed by atoms with van der Waals surface area (Å²) >= 11 is 11.7. The number of alkyl halides is 3. The van der Waals surface area contributed by atoms with Gasteiger partial charge in [-0.15, -0.1) is 0 Å². The second kappa shape index (κ2) is 6.29. The predicted molar refractivity (Wildman–Crippen MR) is 80.9 cm³/mol. The fourth-order valence-corrected chi connectivity index (χ4v) is 2.26. The number of nitrogens with one attached hydrogen (secondary N) is 1. The lowest BCUT2D eigenvalue weighted by Crippen LogP contribution is -2.24. The van der Waals surface area contributed by atoms with Crippen LogP contribution in [0.2, 0.25) is 10.0 Å². The van der Waals surface area contributed by atoms with Crippen molar-refractivity contribution >= 4 is 40.5 Å². The maximum atomic E-state index is 12.8. The minimum Gasteiger partial charge on any atom is -0.323 e. The van der Waals surface area contributed by atoms with Gasteiger partial charge in [-0.2, -0.15) is 13.2 Å². The van der Waals surface area contributed by atoms with E-state index in [-0.39, 0.29) is 15.7 Å². The van der Waals surface area contributed by atoms with Gasteiger partial charge < -0.3 is 5.32 Å². The van der Waals surface area contributed by atoms with Gasteiger partial charge in [-0.05, 0) is 0 Å². The van der Waals surface area contributed by atoms with E-state index in [0.29, 0.717) is 6.07 Å². The van der Waals surface area contributed by atoms with Crippen LogP contribution >= 0.6 is 23.2 Å². The van der Waals surface area contributed by atoms with Crippen LogP contribution in [-0.4, -0.2) is 14.5 Å². The average Bonchev–Trinajstić information content (AvgIpc) is 2.45. The van der Waals surface area contributed by atoms with E-state index in [1.165, 1.54) is 7.05 Å². The summed E-state index contributed by atoms with van der Waals surface area (Å²) in [6.07, 6.45) is -4.83. The average molecular weight is 383 g/mol. The summed E-state index contributed by atoms with van der Waals surface area (Å²) in [6.45, 7) is 0. The number of nitro groups is 1. The Hall–Kier alpha value is -2.33. The fourth-order valence-electron chi connectivity index (χ4n) is 1.69. The van der Waals surface area contributed by atoms with Gasteiger partial charge in [-0.25, -0.2) is 4.98 Å². The van der Waals surface area contributed by atoms with Gasteiger partial charge in [0.2, 0.25) is 5.95 Å². The maximum Gasteiger partial charge on any atom is 0.433 e. The standard InChI is InChI=1S/C12H7Cl2F3N4O3/c1-20-9(22)4-8(12(15,16)17)18-11(20)19-10-6(13)2-5(21(23)24)3-7(10)14/h2-4H,1H3,(H,18,19). The molecule has 0 fully saturated rings. The van der Waals surface area contributed by atoms with Crippen molar-refractivity contribution in [1.29, 1.82) is 0 Å². The van der Waals surface area contributed by atoms with Gasteiger partial charge in [0, 0.05) is 25.2 Å². The first-order valence-corrected chi connectivity index (χ1v) is 6.82. The summed E-state index contributed by atoms with van der Waals surface area (Å²) in [7, 11) is 1.19. The molecule has 24 heavy (non-hydrogen) atoms. The molecule has 0 radical (unpaired) electrons. The van der Waals surface area contributed by atoms with E-state index in [0.717, 1.165) is 16.7 Å². The van der Waals surface area contributed by atoms with Crippen molar-refractivity contribution in [1.82, 2.24) is 9.55 Å². The van der Waals surface area contributed by atoms with Crippen LogP contribution in [0, 0.1) is 10.1 Å². The number of rotatable bonds is 3. The van der Waals surface area contributed by atoms with Crippen molar-refractivity contribution in [2.24, 2.45) is 7.05 Å². The summed E-state index contributed by atoms with van der Waals surface area (Å²) < 4.78 is 39.1. The molecule has 0 amide bonds. The zero-order chi connectivity index (χ0) is 18.2. The van der Waals surface area contributed by atoms with Gasteiger partial charge in [-0.3, -0.25) is 19.5 Å². The lowest BCUT2D eigenvalue weighted by Gasteiger charge is -2.14. The number of nitrogens with zero attached hydrogens (tertiary/aromatic N) is 3. The minimum absolute atomic E-state index is 0.120. The lowest BCUT2D eigenvalue weighted by molar-refractivity contribution is -0.384. The number of benzene rings is 1. The van der Waals surface area contributed by atoms with Crippen molar-refractivity contribution < 1.29 is 18.1 Å². The largest absolute Gasteiger partial charge is 0.433 e. The minimum atomic E-state index is -4.83. The molecule has 1 aromatic heterocycles. The van der Waals surface area contributed by atoms with Gasteiger partial charge in [0.25, 0.3) is 11.2 Å². The molecule has 0 aliphatic carbocycles. The lowest BCUT2D eigenvalue weighted by atomic mass is 10.3. The molecule has 1 heterocycles. The van der Waals surface area contributed by atoms with Crippen LogP contribution in [0.25, 0.3) is 0 Å². The molecule has 12 heteroatoms. The number of halogens is 5. The van der Waals surface area contributed by atoms with E-state index in [1.54, 1.807) is 0 Å². The third-order valence-electron chi connectivity index (χ3n) is 2.90. The van der Waals surface area contributed by atoms with Crippen LogP contribution in [0.5, 0.6) is 0 Å². The summed E-state index contributed by atoms with van der Waals surface area (Å²) in [6, 6.07) is 2.26. The summed E-state index contributed by atoms with van der Waals surface area (Å²) in [5, 5.41) is 12.7. The van der Waals surface area contributed by atoms with Crippen LogP contribution in [0.1, 0.15) is 5.69 Å². The summed E-state index contributed by atoms with van der Waals surface area (Å²) in [5.41, 5.74) is -2.89. The summed E-state index contributed by atoms with van der Waals surface area (Å²) in [4.78, 5) is 24.9. The smallest absolute Gasteiger partial charge is 0.323 e. The first kappa shape index (κ1) is 18.0. The topological polar surface area (TPSA) is 90.1 Å². The molecular formula is C12H7Cl2F3N4O3. The van der Waals surface area contributed by atoms with Crippen LogP contribution in [-0.2, 0) is 13.2 Å². The van der Waals surface area contributed by atoms with Gasteiger partial charge >= 0.3 is 6.18 Å². The maximum absolute atomic E-state index is 12.8. The van der Waals surface area contributed by atoms with E-state index >= 15 is 0 Å². The number of nitro benzene ring substituents is 1. The number of anilines is 2. The molecular weight excluding hydrogens is 376 g/mol. The molecule has 0 bridgehead atoms. The fraction of sp³-hybridized carbons (Fsp3) is 0.167. The highest BCUT2D eigenvalue weighted by Crippen LogP contribution is 2.36. The van der Waals surface area contributed by atoms with Crippen LogP contribution < -0.4 is 10.9 Å². The third kappa shape index (κ3) is 3.60. The van der Waals surface area contributed by atoms with E-state index < -0.39 is 34.0 Å². The Labute approximate surface area is 141 Å². The number of aromatic nitrogens is 2. The molecule has 128 valence electrons. The Morgan fingerprint density at radius 3 is 2.25 bits per heavy atom. The zero-order valence-corrected chi connectivity index (χ0v) is 13.2. The Balaban J connectivity index is 2.55. The first-order valence-electron chi connectivity index (χ1n) is 6.06. The van der Waals surface area contributed by atoms with E-state index in [9.17, 15) is 28.1 Å². The highest BCUT2D eigenvalue weighted by atomic mass is 35.5. The van der Waals surface area contributed by atoms with Crippen LogP contribution in [0.4, 0.5) is 30.5 Å². The van der Waals surface area contributed by atoms with Crippen molar-refractivity contribution in [3.05, 3.63) is 54.4 Å². The molecule has 0 aliphatic heterocycles. The van der Waals surface area contributed by atoms with Crippen molar-refractivity contribution in [3.8, 4) is 0 Å². The molecule has 1 N–H and O–H groups in total. The summed E-state index contributed by atoms with van der Waals surface area (Å²) in [5.74, 6) is -0.479. The van der Waals surface area contributed by atoms with Gasteiger partial charge in [0.1, 0.15) is 0 Å². The van der Waals surface area contributed by atoms with E-state index in [1.807, 2.05) is 0 Å². The SMILES string of the molecule is Cn1c(Nc2c(Cl)cc([N+](=O)[O-])cc2Cl)nc(C(F)(F)F)cc1=O. The molecule has 2 aromatic rings. The van der Waals surface area contributed by atoms with Crippen LogP contribution in [0.15, 0.2) is 23.0 Å². The monoisotopic (exact) mass is 382 g/mol. The van der Waals surface area contributed by atoms with Crippen LogP contribution in [0.3, 0.4) is 0 Å². The Morgan fingerprint density at radius 1 is 1.25 bits per heavy atom. The molecule has 1 aromatic carbocycles. The molecule has 7 nitrogen and oxygen atoms in total. The zero-order valence-electron chi connectivity index (χ0n) is 11.7. The van der Waals surface area contributed by atoms with Gasteiger partial charge in [-0.1, -0.05) is 23.2 Å². The molecule has 0 saturated heterocycles. The second-order valence-electron chi connectivity index (χ2n) is 4.53. The number of hydrogen-bond acceptors (Lipinski definition) is 5. The highest BCUT2D eigenvalue weighted by molar-refractivity contribution is 6.39. The van der Waals surface area contributed by atoms with Crippen molar-refractivity contribution in [3.63, 3.8) is 0 Å². The first-order chi connectivity index (χ1) is 11.0. The number of non-ortho nitro benzene ring substituents is 1. The Morgan fingerprint density at radius 2 is 1.79 bits per heavy atom.